The molecule has 1 aliphatic rings. The molecule has 2 heterocycles. The molecule has 1 aromatic heterocycles. The first kappa shape index (κ1) is 15.6. The van der Waals surface area contributed by atoms with Crippen molar-refractivity contribution in [3.8, 4) is 5.75 Å². The van der Waals surface area contributed by atoms with Crippen LogP contribution < -0.4 is 10.1 Å². The number of halogens is 1. The number of piperidine rings is 1. The highest BCUT2D eigenvalue weighted by Gasteiger charge is 2.25. The van der Waals surface area contributed by atoms with E-state index >= 15 is 0 Å². The largest absolute Gasteiger partial charge is 0.488 e. The van der Waals surface area contributed by atoms with Gasteiger partial charge in [0, 0.05) is 29.6 Å². The highest BCUT2D eigenvalue weighted by molar-refractivity contribution is 6.30. The van der Waals surface area contributed by atoms with Crippen molar-refractivity contribution in [2.24, 2.45) is 0 Å². The number of aromatic nitrogens is 1. The molecule has 0 unspecified atom stereocenters. The minimum Gasteiger partial charge on any atom is -0.488 e. The Labute approximate surface area is 140 Å². The third-order valence-corrected chi connectivity index (χ3v) is 3.93. The molecule has 6 heteroatoms. The highest BCUT2D eigenvalue weighted by Crippen LogP contribution is 2.19. The Kier molecular flexibility index (Phi) is 4.98. The lowest BCUT2D eigenvalue weighted by Crippen LogP contribution is -2.46. The summed E-state index contributed by atoms with van der Waals surface area (Å²) < 4.78 is 5.92. The van der Waals surface area contributed by atoms with Crippen molar-refractivity contribution < 1.29 is 9.53 Å². The molecule has 3 rings (SSSR count). The Balaban J connectivity index is 1.58. The summed E-state index contributed by atoms with van der Waals surface area (Å²) in [7, 11) is 0. The summed E-state index contributed by atoms with van der Waals surface area (Å²) in [5.41, 5.74) is 0.694. The summed E-state index contributed by atoms with van der Waals surface area (Å²) in [4.78, 5) is 18.1. The zero-order valence-corrected chi connectivity index (χ0v) is 13.4. The van der Waals surface area contributed by atoms with Crippen molar-refractivity contribution in [3.05, 3.63) is 53.8 Å². The van der Waals surface area contributed by atoms with Crippen LogP contribution in [0.4, 0.5) is 10.5 Å². The van der Waals surface area contributed by atoms with E-state index < -0.39 is 0 Å². The lowest BCUT2D eigenvalue weighted by Gasteiger charge is -2.32. The number of nitrogens with one attached hydrogen (secondary N) is 1. The van der Waals surface area contributed by atoms with Crippen LogP contribution in [0.3, 0.4) is 0 Å². The van der Waals surface area contributed by atoms with Gasteiger partial charge in [0.05, 0.1) is 6.54 Å². The van der Waals surface area contributed by atoms with E-state index in [1.54, 1.807) is 29.4 Å². The quantitative estimate of drug-likeness (QED) is 0.930. The Morgan fingerprint density at radius 1 is 1.30 bits per heavy atom. The maximum absolute atomic E-state index is 12.4. The molecular weight excluding hydrogens is 314 g/mol. The number of likely N-dealkylation sites (tertiary alicyclic amines) is 1. The average molecular weight is 332 g/mol. The molecule has 23 heavy (non-hydrogen) atoms. The number of anilines is 1. The number of carbonyl (C=O) groups is 1. The molecule has 1 saturated heterocycles. The number of amides is 2. The van der Waals surface area contributed by atoms with E-state index in [1.165, 1.54) is 0 Å². The number of benzene rings is 1. The second-order valence-corrected chi connectivity index (χ2v) is 5.89. The number of hydrogen-bond acceptors (Lipinski definition) is 3. The van der Waals surface area contributed by atoms with E-state index in [0.29, 0.717) is 17.3 Å². The summed E-state index contributed by atoms with van der Waals surface area (Å²) in [6, 6.07) is 10.7. The molecule has 1 N–H and O–H groups in total. The molecule has 0 saturated carbocycles. The number of hydrogen-bond donors (Lipinski definition) is 1. The Bertz CT molecular complexity index is 666. The number of rotatable bonds is 3. The van der Waals surface area contributed by atoms with Crippen molar-refractivity contribution >= 4 is 23.3 Å². The van der Waals surface area contributed by atoms with Crippen molar-refractivity contribution in [1.82, 2.24) is 9.88 Å². The molecule has 0 radical (unpaired) electrons. The molecule has 120 valence electrons. The topological polar surface area (TPSA) is 54.5 Å². The van der Waals surface area contributed by atoms with Gasteiger partial charge in [0.15, 0.2) is 0 Å². The molecule has 1 atom stereocenters. The van der Waals surface area contributed by atoms with E-state index in [4.69, 9.17) is 16.3 Å². The van der Waals surface area contributed by atoms with Gasteiger partial charge >= 0.3 is 6.03 Å². The van der Waals surface area contributed by atoms with Crippen LogP contribution in [0.25, 0.3) is 0 Å². The fraction of sp³-hybridized carbons (Fsp3) is 0.294. The number of nitrogens with zero attached hydrogens (tertiary/aromatic N) is 2. The van der Waals surface area contributed by atoms with Crippen LogP contribution in [0.1, 0.15) is 12.8 Å². The summed E-state index contributed by atoms with van der Waals surface area (Å²) in [5.74, 6) is 0.780. The third-order valence-electron chi connectivity index (χ3n) is 3.69. The van der Waals surface area contributed by atoms with Crippen molar-refractivity contribution in [2.45, 2.75) is 18.9 Å². The minimum atomic E-state index is -0.129. The van der Waals surface area contributed by atoms with Gasteiger partial charge in [-0.15, -0.1) is 0 Å². The van der Waals surface area contributed by atoms with Crippen LogP contribution in [0.5, 0.6) is 5.75 Å². The molecule has 5 nitrogen and oxygen atoms in total. The van der Waals surface area contributed by atoms with Gasteiger partial charge in [0.25, 0.3) is 0 Å². The second kappa shape index (κ2) is 7.33. The molecule has 2 amide bonds. The Morgan fingerprint density at radius 3 is 2.91 bits per heavy atom. The van der Waals surface area contributed by atoms with Gasteiger partial charge < -0.3 is 15.0 Å². The minimum absolute atomic E-state index is 0.00346. The van der Waals surface area contributed by atoms with Gasteiger partial charge in [-0.25, -0.2) is 4.79 Å². The Morgan fingerprint density at radius 2 is 2.13 bits per heavy atom. The summed E-state index contributed by atoms with van der Waals surface area (Å²) in [6.45, 7) is 1.29. The number of pyridine rings is 1. The van der Waals surface area contributed by atoms with Crippen molar-refractivity contribution in [3.63, 3.8) is 0 Å². The normalized spacial score (nSPS) is 17.6. The zero-order chi connectivity index (χ0) is 16.1. The molecule has 0 bridgehead atoms. The predicted octanol–water partition coefficient (Wildman–Crippen LogP) is 3.81. The van der Waals surface area contributed by atoms with Gasteiger partial charge in [0.1, 0.15) is 11.9 Å². The average Bonchev–Trinajstić information content (AvgIpc) is 2.56. The highest BCUT2D eigenvalue weighted by atomic mass is 35.5. The predicted molar refractivity (Wildman–Crippen MR) is 89.9 cm³/mol. The fourth-order valence-electron chi connectivity index (χ4n) is 2.60. The van der Waals surface area contributed by atoms with E-state index in [2.05, 4.69) is 10.3 Å². The summed E-state index contributed by atoms with van der Waals surface area (Å²) in [5, 5.41) is 3.47. The molecule has 0 aliphatic carbocycles. The number of carbonyl (C=O) groups excluding carboxylic acids is 1. The summed E-state index contributed by atoms with van der Waals surface area (Å²) >= 11 is 5.94. The molecule has 1 fully saturated rings. The molecule has 1 aromatic carbocycles. The van der Waals surface area contributed by atoms with Crippen LogP contribution in [0.2, 0.25) is 5.02 Å². The molecular formula is C17H18ClN3O2. The first-order chi connectivity index (χ1) is 11.2. The van der Waals surface area contributed by atoms with Gasteiger partial charge in [-0.05, 0) is 43.2 Å². The van der Waals surface area contributed by atoms with Crippen molar-refractivity contribution in [1.29, 1.82) is 0 Å². The summed E-state index contributed by atoms with van der Waals surface area (Å²) in [6.07, 6.45) is 5.24. The monoisotopic (exact) mass is 331 g/mol. The zero-order valence-electron chi connectivity index (χ0n) is 12.6. The van der Waals surface area contributed by atoms with E-state index in [-0.39, 0.29) is 12.1 Å². The molecule has 2 aromatic rings. The Hall–Kier alpha value is -2.27. The van der Waals surface area contributed by atoms with E-state index in [0.717, 1.165) is 25.1 Å². The van der Waals surface area contributed by atoms with Crippen LogP contribution >= 0.6 is 11.6 Å². The maximum atomic E-state index is 12.4. The van der Waals surface area contributed by atoms with Crippen LogP contribution in [0.15, 0.2) is 48.8 Å². The maximum Gasteiger partial charge on any atom is 0.321 e. The third kappa shape index (κ3) is 4.36. The first-order valence-corrected chi connectivity index (χ1v) is 7.97. The van der Waals surface area contributed by atoms with Crippen LogP contribution in [-0.4, -0.2) is 35.1 Å². The van der Waals surface area contributed by atoms with Crippen molar-refractivity contribution in [2.75, 3.05) is 18.4 Å². The van der Waals surface area contributed by atoms with Gasteiger partial charge in [-0.2, -0.15) is 0 Å². The van der Waals surface area contributed by atoms with Gasteiger partial charge in [-0.3, -0.25) is 4.98 Å². The van der Waals surface area contributed by atoms with Crippen LogP contribution in [0, 0.1) is 0 Å². The smallest absolute Gasteiger partial charge is 0.321 e. The lowest BCUT2D eigenvalue weighted by molar-refractivity contribution is 0.106. The molecule has 0 spiro atoms. The lowest BCUT2D eigenvalue weighted by atomic mass is 10.1. The standard InChI is InChI=1S/C17H18ClN3O2/c18-13-3-1-4-14(11-13)20-17(22)21-10-2-5-16(12-21)23-15-6-8-19-9-7-15/h1,3-4,6-9,11,16H,2,5,10,12H2,(H,20,22)/t16-/m0/s1. The number of urea groups is 1. The fourth-order valence-corrected chi connectivity index (χ4v) is 2.79. The molecule has 1 aliphatic heterocycles. The second-order valence-electron chi connectivity index (χ2n) is 5.45. The van der Waals surface area contributed by atoms with Gasteiger partial charge in [-0.1, -0.05) is 17.7 Å². The number of ether oxygens (including phenoxy) is 1. The van der Waals surface area contributed by atoms with Crippen LogP contribution in [-0.2, 0) is 0 Å². The van der Waals surface area contributed by atoms with Gasteiger partial charge in [0.2, 0.25) is 0 Å². The van der Waals surface area contributed by atoms with E-state index in [9.17, 15) is 4.79 Å². The first-order valence-electron chi connectivity index (χ1n) is 7.59. The SMILES string of the molecule is O=C(Nc1cccc(Cl)c1)N1CCC[C@H](Oc2ccncc2)C1. The van der Waals surface area contributed by atoms with E-state index in [1.807, 2.05) is 24.3 Å².